The molecule has 2 aliphatic rings. The number of nitrogens with one attached hydrogen (secondary N) is 1. The quantitative estimate of drug-likeness (QED) is 0.789. The van der Waals surface area contributed by atoms with Crippen molar-refractivity contribution >= 4 is 0 Å². The summed E-state index contributed by atoms with van der Waals surface area (Å²) in [7, 11) is 4.55. The molecule has 0 aliphatic heterocycles. The first-order valence-corrected chi connectivity index (χ1v) is 9.12. The summed E-state index contributed by atoms with van der Waals surface area (Å²) in [6, 6.07) is 1.63. The molecule has 0 radical (unpaired) electrons. The lowest BCUT2D eigenvalue weighted by Crippen LogP contribution is -2.46. The van der Waals surface area contributed by atoms with Crippen molar-refractivity contribution in [3.05, 3.63) is 0 Å². The van der Waals surface area contributed by atoms with Gasteiger partial charge < -0.3 is 10.2 Å². The summed E-state index contributed by atoms with van der Waals surface area (Å²) in [5.41, 5.74) is 0. The molecule has 0 bridgehead atoms. The van der Waals surface area contributed by atoms with Crippen molar-refractivity contribution in [3.63, 3.8) is 0 Å². The molecular weight excluding hydrogens is 244 g/mol. The van der Waals surface area contributed by atoms with E-state index in [0.29, 0.717) is 0 Å². The van der Waals surface area contributed by atoms with Gasteiger partial charge in [0.05, 0.1) is 0 Å². The van der Waals surface area contributed by atoms with Gasteiger partial charge in [-0.2, -0.15) is 0 Å². The smallest absolute Gasteiger partial charge is 0.0105 e. The van der Waals surface area contributed by atoms with Crippen LogP contribution in [0.1, 0.15) is 71.1 Å². The van der Waals surface area contributed by atoms with Crippen molar-refractivity contribution in [1.29, 1.82) is 0 Å². The average molecular weight is 280 g/mol. The monoisotopic (exact) mass is 280 g/mol. The van der Waals surface area contributed by atoms with Crippen molar-refractivity contribution in [2.45, 2.75) is 83.2 Å². The molecule has 0 spiro atoms. The van der Waals surface area contributed by atoms with Gasteiger partial charge in [-0.05, 0) is 58.0 Å². The van der Waals surface area contributed by atoms with Crippen LogP contribution in [0, 0.1) is 11.8 Å². The van der Waals surface area contributed by atoms with Gasteiger partial charge in [-0.15, -0.1) is 0 Å². The third-order valence-electron chi connectivity index (χ3n) is 5.88. The van der Waals surface area contributed by atoms with Crippen molar-refractivity contribution in [2.24, 2.45) is 11.8 Å². The molecule has 0 heterocycles. The Labute approximate surface area is 126 Å². The van der Waals surface area contributed by atoms with E-state index in [9.17, 15) is 0 Å². The molecule has 2 nitrogen and oxygen atoms in total. The first-order valence-electron chi connectivity index (χ1n) is 9.12. The SMILES string of the molecule is CCCC1CCC(NC)C(CN(C)C2CCCCC2)C1. The summed E-state index contributed by atoms with van der Waals surface area (Å²) in [5.74, 6) is 1.87. The normalized spacial score (nSPS) is 32.7. The van der Waals surface area contributed by atoms with Gasteiger partial charge in [0.2, 0.25) is 0 Å². The van der Waals surface area contributed by atoms with E-state index >= 15 is 0 Å². The second-order valence-corrected chi connectivity index (χ2v) is 7.35. The van der Waals surface area contributed by atoms with E-state index in [1.807, 2.05) is 0 Å². The van der Waals surface area contributed by atoms with Gasteiger partial charge >= 0.3 is 0 Å². The Morgan fingerprint density at radius 1 is 1.05 bits per heavy atom. The van der Waals surface area contributed by atoms with Crippen LogP contribution >= 0.6 is 0 Å². The van der Waals surface area contributed by atoms with Crippen LogP contribution in [0.4, 0.5) is 0 Å². The Morgan fingerprint density at radius 2 is 1.80 bits per heavy atom. The first-order chi connectivity index (χ1) is 9.74. The van der Waals surface area contributed by atoms with E-state index in [0.717, 1.165) is 23.9 Å². The van der Waals surface area contributed by atoms with Gasteiger partial charge in [-0.3, -0.25) is 0 Å². The lowest BCUT2D eigenvalue weighted by atomic mass is 9.76. The van der Waals surface area contributed by atoms with Gasteiger partial charge in [0.15, 0.2) is 0 Å². The van der Waals surface area contributed by atoms with Gasteiger partial charge in [-0.1, -0.05) is 39.0 Å². The zero-order valence-corrected chi connectivity index (χ0v) is 14.0. The van der Waals surface area contributed by atoms with Gasteiger partial charge in [0.1, 0.15) is 0 Å². The lowest BCUT2D eigenvalue weighted by molar-refractivity contribution is 0.113. The van der Waals surface area contributed by atoms with Gasteiger partial charge in [0, 0.05) is 18.6 Å². The molecule has 1 N–H and O–H groups in total. The van der Waals surface area contributed by atoms with Crippen molar-refractivity contribution in [3.8, 4) is 0 Å². The minimum Gasteiger partial charge on any atom is -0.317 e. The molecule has 3 atom stereocenters. The molecule has 2 saturated carbocycles. The van der Waals surface area contributed by atoms with Crippen LogP contribution in [-0.4, -0.2) is 37.6 Å². The van der Waals surface area contributed by atoms with E-state index in [1.165, 1.54) is 70.8 Å². The maximum absolute atomic E-state index is 3.60. The maximum atomic E-state index is 3.60. The Hall–Kier alpha value is -0.0800. The molecule has 0 aromatic carbocycles. The molecule has 0 saturated heterocycles. The highest BCUT2D eigenvalue weighted by Gasteiger charge is 2.31. The van der Waals surface area contributed by atoms with Gasteiger partial charge in [0.25, 0.3) is 0 Å². The molecule has 2 heteroatoms. The summed E-state index contributed by atoms with van der Waals surface area (Å²) < 4.78 is 0. The van der Waals surface area contributed by atoms with Gasteiger partial charge in [-0.25, -0.2) is 0 Å². The predicted octanol–water partition coefficient (Wildman–Crippen LogP) is 4.06. The molecule has 2 aliphatic carbocycles. The summed E-state index contributed by atoms with van der Waals surface area (Å²) in [6.45, 7) is 3.66. The summed E-state index contributed by atoms with van der Waals surface area (Å²) >= 11 is 0. The highest BCUT2D eigenvalue weighted by Crippen LogP contribution is 2.33. The molecule has 2 rings (SSSR count). The maximum Gasteiger partial charge on any atom is 0.0105 e. The first kappa shape index (κ1) is 16.3. The number of hydrogen-bond acceptors (Lipinski definition) is 2. The summed E-state index contributed by atoms with van der Waals surface area (Å²) in [6.07, 6.45) is 14.3. The van der Waals surface area contributed by atoms with Crippen LogP contribution in [0.5, 0.6) is 0 Å². The van der Waals surface area contributed by atoms with Crippen molar-refractivity contribution in [1.82, 2.24) is 10.2 Å². The Kier molecular flexibility index (Phi) is 6.83. The third-order valence-corrected chi connectivity index (χ3v) is 5.88. The number of rotatable bonds is 6. The van der Waals surface area contributed by atoms with Crippen LogP contribution in [0.2, 0.25) is 0 Å². The van der Waals surface area contributed by atoms with Crippen LogP contribution in [0.25, 0.3) is 0 Å². The second kappa shape index (κ2) is 8.38. The molecule has 118 valence electrons. The molecule has 0 aromatic heterocycles. The molecule has 3 unspecified atom stereocenters. The van der Waals surface area contributed by atoms with Crippen LogP contribution in [-0.2, 0) is 0 Å². The average Bonchev–Trinajstić information content (AvgIpc) is 2.49. The van der Waals surface area contributed by atoms with E-state index in [-0.39, 0.29) is 0 Å². The minimum atomic E-state index is 0.758. The van der Waals surface area contributed by atoms with E-state index in [1.54, 1.807) is 0 Å². The van der Waals surface area contributed by atoms with E-state index in [4.69, 9.17) is 0 Å². The topological polar surface area (TPSA) is 15.3 Å². The molecular formula is C18H36N2. The Morgan fingerprint density at radius 3 is 2.45 bits per heavy atom. The Balaban J connectivity index is 1.86. The van der Waals surface area contributed by atoms with E-state index < -0.39 is 0 Å². The van der Waals surface area contributed by atoms with E-state index in [2.05, 4.69) is 31.2 Å². The highest BCUT2D eigenvalue weighted by atomic mass is 15.1. The number of hydrogen-bond donors (Lipinski definition) is 1. The predicted molar refractivity (Wildman–Crippen MR) is 88.1 cm³/mol. The largest absolute Gasteiger partial charge is 0.317 e. The Bertz CT molecular complexity index is 260. The fourth-order valence-electron chi connectivity index (χ4n) is 4.65. The van der Waals surface area contributed by atoms with Crippen LogP contribution in [0.3, 0.4) is 0 Å². The van der Waals surface area contributed by atoms with Crippen molar-refractivity contribution < 1.29 is 0 Å². The zero-order chi connectivity index (χ0) is 14.4. The fourth-order valence-corrected chi connectivity index (χ4v) is 4.65. The van der Waals surface area contributed by atoms with Crippen molar-refractivity contribution in [2.75, 3.05) is 20.6 Å². The van der Waals surface area contributed by atoms with Crippen LogP contribution < -0.4 is 5.32 Å². The lowest BCUT2D eigenvalue weighted by Gasteiger charge is -2.40. The summed E-state index contributed by atoms with van der Waals surface area (Å²) in [5, 5.41) is 3.60. The summed E-state index contributed by atoms with van der Waals surface area (Å²) in [4.78, 5) is 2.70. The molecule has 0 amide bonds. The molecule has 20 heavy (non-hydrogen) atoms. The zero-order valence-electron chi connectivity index (χ0n) is 14.0. The van der Waals surface area contributed by atoms with Crippen LogP contribution in [0.15, 0.2) is 0 Å². The fraction of sp³-hybridized carbons (Fsp3) is 1.00. The molecule has 2 fully saturated rings. The highest BCUT2D eigenvalue weighted by molar-refractivity contribution is 4.87. The molecule has 0 aromatic rings. The minimum absolute atomic E-state index is 0.758. The number of nitrogens with zero attached hydrogens (tertiary/aromatic N) is 1. The second-order valence-electron chi connectivity index (χ2n) is 7.35. The third kappa shape index (κ3) is 4.46. The standard InChI is InChI=1S/C18H36N2/c1-4-8-15-11-12-18(19-2)16(13-15)14-20(3)17-9-6-5-7-10-17/h15-19H,4-14H2,1-3H3.